The van der Waals surface area contributed by atoms with E-state index in [-0.39, 0.29) is 12.5 Å². The van der Waals surface area contributed by atoms with Gasteiger partial charge in [-0.15, -0.1) is 0 Å². The highest BCUT2D eigenvalue weighted by atomic mass is 16.5. The van der Waals surface area contributed by atoms with Crippen molar-refractivity contribution in [3.05, 3.63) is 12.2 Å². The van der Waals surface area contributed by atoms with Crippen LogP contribution in [-0.4, -0.2) is 29.2 Å². The van der Waals surface area contributed by atoms with Gasteiger partial charge in [0.1, 0.15) is 5.41 Å². The highest BCUT2D eigenvalue weighted by Gasteiger charge is 2.55. The van der Waals surface area contributed by atoms with Crippen molar-refractivity contribution in [2.45, 2.75) is 25.0 Å². The number of fused-ring (bicyclic) bond motifs is 2. The van der Waals surface area contributed by atoms with Crippen LogP contribution in [-0.2, 0) is 14.3 Å². The number of aliphatic carboxylic acids is 1. The van der Waals surface area contributed by atoms with Crippen LogP contribution in [0.3, 0.4) is 0 Å². The highest BCUT2D eigenvalue weighted by Crippen LogP contribution is 2.46. The van der Waals surface area contributed by atoms with E-state index in [1.165, 1.54) is 0 Å². The number of carbonyl (C=O) groups excluding carboxylic acids is 1. The van der Waals surface area contributed by atoms with Gasteiger partial charge in [0.25, 0.3) is 0 Å². The molecule has 2 aliphatic heterocycles. The van der Waals surface area contributed by atoms with E-state index in [1.54, 1.807) is 6.08 Å². The van der Waals surface area contributed by atoms with Crippen molar-refractivity contribution < 1.29 is 19.4 Å². The number of primary amides is 1. The molecule has 1 saturated heterocycles. The van der Waals surface area contributed by atoms with Crippen LogP contribution in [0.5, 0.6) is 0 Å². The Balaban J connectivity index is 2.29. The van der Waals surface area contributed by atoms with Crippen molar-refractivity contribution in [3.8, 4) is 0 Å². The second-order valence-electron chi connectivity index (χ2n) is 3.79. The summed E-state index contributed by atoms with van der Waals surface area (Å²) in [5.41, 5.74) is 3.91. The summed E-state index contributed by atoms with van der Waals surface area (Å²) in [7, 11) is 0. The van der Waals surface area contributed by atoms with Gasteiger partial charge in [-0.05, 0) is 6.42 Å². The summed E-state index contributed by atoms with van der Waals surface area (Å²) < 4.78 is 5.35. The van der Waals surface area contributed by atoms with Gasteiger partial charge >= 0.3 is 5.97 Å². The molecule has 2 heterocycles. The van der Waals surface area contributed by atoms with Crippen molar-refractivity contribution in [1.82, 2.24) is 0 Å². The molecule has 0 aromatic carbocycles. The summed E-state index contributed by atoms with van der Waals surface area (Å²) in [6, 6.07) is 0. The molecule has 2 bridgehead atoms. The minimum Gasteiger partial charge on any atom is -0.481 e. The average molecular weight is 197 g/mol. The molecule has 14 heavy (non-hydrogen) atoms. The Morgan fingerprint density at radius 2 is 2.29 bits per heavy atom. The SMILES string of the molecule is NC(=O)CC1(C(=O)O)CC2C=CC1O2. The molecule has 3 atom stereocenters. The summed E-state index contributed by atoms with van der Waals surface area (Å²) in [6.07, 6.45) is 3.03. The molecule has 5 heteroatoms. The zero-order valence-corrected chi connectivity index (χ0v) is 7.47. The third kappa shape index (κ3) is 1.13. The van der Waals surface area contributed by atoms with Gasteiger partial charge in [-0.2, -0.15) is 0 Å². The van der Waals surface area contributed by atoms with Crippen molar-refractivity contribution in [3.63, 3.8) is 0 Å². The number of nitrogens with two attached hydrogens (primary N) is 1. The Labute approximate surface area is 80.5 Å². The largest absolute Gasteiger partial charge is 0.481 e. The second kappa shape index (κ2) is 2.81. The lowest BCUT2D eigenvalue weighted by Crippen LogP contribution is -2.42. The van der Waals surface area contributed by atoms with Gasteiger partial charge in [0, 0.05) is 6.42 Å². The Kier molecular flexibility index (Phi) is 1.85. The molecule has 5 nitrogen and oxygen atoms in total. The molecular weight excluding hydrogens is 186 g/mol. The van der Waals surface area contributed by atoms with E-state index in [2.05, 4.69) is 0 Å². The van der Waals surface area contributed by atoms with Gasteiger partial charge < -0.3 is 15.6 Å². The third-order valence-corrected chi connectivity index (χ3v) is 2.85. The van der Waals surface area contributed by atoms with Crippen molar-refractivity contribution in [1.29, 1.82) is 0 Å². The molecule has 76 valence electrons. The number of carboxylic acids is 1. The third-order valence-electron chi connectivity index (χ3n) is 2.85. The fourth-order valence-corrected chi connectivity index (χ4v) is 2.18. The van der Waals surface area contributed by atoms with Crippen molar-refractivity contribution >= 4 is 11.9 Å². The number of carbonyl (C=O) groups is 2. The van der Waals surface area contributed by atoms with Gasteiger partial charge in [-0.25, -0.2) is 0 Å². The zero-order valence-electron chi connectivity index (χ0n) is 7.47. The summed E-state index contributed by atoms with van der Waals surface area (Å²) in [4.78, 5) is 21.9. The topological polar surface area (TPSA) is 89.6 Å². The van der Waals surface area contributed by atoms with Crippen molar-refractivity contribution in [2.24, 2.45) is 11.1 Å². The Morgan fingerprint density at radius 1 is 1.57 bits per heavy atom. The maximum atomic E-state index is 11.1. The molecule has 2 rings (SSSR count). The number of amides is 1. The summed E-state index contributed by atoms with van der Waals surface area (Å²) in [5.74, 6) is -1.61. The monoisotopic (exact) mass is 197 g/mol. The quantitative estimate of drug-likeness (QED) is 0.605. The fourth-order valence-electron chi connectivity index (χ4n) is 2.18. The molecule has 1 amide bonds. The first-order valence-electron chi connectivity index (χ1n) is 4.40. The van der Waals surface area contributed by atoms with Crippen LogP contribution in [0.15, 0.2) is 12.2 Å². The molecule has 0 saturated carbocycles. The first-order valence-corrected chi connectivity index (χ1v) is 4.40. The first kappa shape index (κ1) is 9.21. The number of rotatable bonds is 3. The van der Waals surface area contributed by atoms with E-state index in [9.17, 15) is 9.59 Å². The van der Waals surface area contributed by atoms with Crippen LogP contribution < -0.4 is 5.73 Å². The molecule has 3 N–H and O–H groups in total. The molecule has 1 fully saturated rings. The minimum atomic E-state index is -1.13. The number of carboxylic acid groups (broad SMARTS) is 1. The van der Waals surface area contributed by atoms with Gasteiger partial charge in [0.2, 0.25) is 5.91 Å². The van der Waals surface area contributed by atoms with E-state index >= 15 is 0 Å². The average Bonchev–Trinajstić information content (AvgIpc) is 2.61. The van der Waals surface area contributed by atoms with Gasteiger partial charge in [-0.3, -0.25) is 9.59 Å². The van der Waals surface area contributed by atoms with Crippen LogP contribution in [0.2, 0.25) is 0 Å². The Morgan fingerprint density at radius 3 is 2.64 bits per heavy atom. The molecule has 0 radical (unpaired) electrons. The molecule has 0 spiro atoms. The predicted molar refractivity (Wildman–Crippen MR) is 46.3 cm³/mol. The number of hydrogen-bond donors (Lipinski definition) is 2. The van der Waals surface area contributed by atoms with E-state index in [0.717, 1.165) is 0 Å². The smallest absolute Gasteiger partial charge is 0.313 e. The second-order valence-corrected chi connectivity index (χ2v) is 3.79. The maximum Gasteiger partial charge on any atom is 0.313 e. The zero-order chi connectivity index (χ0) is 10.3. The first-order chi connectivity index (χ1) is 6.54. The molecule has 3 unspecified atom stereocenters. The van der Waals surface area contributed by atoms with E-state index in [4.69, 9.17) is 15.6 Å². The van der Waals surface area contributed by atoms with Crippen LogP contribution in [0.1, 0.15) is 12.8 Å². The van der Waals surface area contributed by atoms with E-state index in [0.29, 0.717) is 6.42 Å². The number of hydrogen-bond acceptors (Lipinski definition) is 3. The number of ether oxygens (including phenoxy) is 1. The van der Waals surface area contributed by atoms with Gasteiger partial charge in [-0.1, -0.05) is 12.2 Å². The summed E-state index contributed by atoms with van der Waals surface area (Å²) >= 11 is 0. The molecule has 2 aliphatic rings. The minimum absolute atomic E-state index is 0.159. The van der Waals surface area contributed by atoms with Crippen LogP contribution >= 0.6 is 0 Å². The lowest BCUT2D eigenvalue weighted by molar-refractivity contribution is -0.153. The maximum absolute atomic E-state index is 11.1. The Bertz CT molecular complexity index is 325. The van der Waals surface area contributed by atoms with Crippen LogP contribution in [0.25, 0.3) is 0 Å². The lowest BCUT2D eigenvalue weighted by Gasteiger charge is -2.26. The Hall–Kier alpha value is -1.36. The van der Waals surface area contributed by atoms with Crippen molar-refractivity contribution in [2.75, 3.05) is 0 Å². The van der Waals surface area contributed by atoms with Gasteiger partial charge in [0.05, 0.1) is 12.2 Å². The molecule has 0 aromatic rings. The highest BCUT2D eigenvalue weighted by molar-refractivity contribution is 5.85. The molecular formula is C9H11NO4. The normalized spacial score (nSPS) is 38.9. The lowest BCUT2D eigenvalue weighted by atomic mass is 9.74. The molecule has 0 aliphatic carbocycles. The van der Waals surface area contributed by atoms with Gasteiger partial charge in [0.15, 0.2) is 0 Å². The summed E-state index contributed by atoms with van der Waals surface area (Å²) in [6.45, 7) is 0. The molecule has 0 aromatic heterocycles. The van der Waals surface area contributed by atoms with E-state index < -0.39 is 23.4 Å². The standard InChI is InChI=1S/C9H11NO4/c10-7(11)4-9(8(12)13)3-5-1-2-6(9)14-5/h1-2,5-6H,3-4H2,(H2,10,11)(H,12,13). The fraction of sp³-hybridized carbons (Fsp3) is 0.556. The predicted octanol–water partition coefficient (Wildman–Crippen LogP) is -0.340. The summed E-state index contributed by atoms with van der Waals surface area (Å²) in [5, 5.41) is 9.11. The van der Waals surface area contributed by atoms with E-state index in [1.807, 2.05) is 6.08 Å². The van der Waals surface area contributed by atoms with Crippen LogP contribution in [0.4, 0.5) is 0 Å². The van der Waals surface area contributed by atoms with Crippen LogP contribution in [0, 0.1) is 5.41 Å².